The van der Waals surface area contributed by atoms with Gasteiger partial charge in [-0.3, -0.25) is 4.79 Å². The highest BCUT2D eigenvalue weighted by atomic mass is 32.2. The predicted molar refractivity (Wildman–Crippen MR) is 81.8 cm³/mol. The van der Waals surface area contributed by atoms with E-state index in [0.717, 1.165) is 18.6 Å². The Morgan fingerprint density at radius 3 is 2.50 bits per heavy atom. The Morgan fingerprint density at radius 1 is 1.30 bits per heavy atom. The van der Waals surface area contributed by atoms with Crippen molar-refractivity contribution < 1.29 is 14.7 Å². The molecule has 1 aromatic rings. The van der Waals surface area contributed by atoms with Crippen LogP contribution in [0.25, 0.3) is 0 Å². The fourth-order valence-electron chi connectivity index (χ4n) is 1.75. The standard InChI is InChI=1S/C15H21NO3S/c1-3-4-10-20-11-13(17)16-15(2,14(18)19)12-8-6-5-7-9-12/h5-9H,3-4,10-11H2,1-2H3,(H,16,17)(H,18,19). The molecule has 1 unspecified atom stereocenters. The Hall–Kier alpha value is -1.49. The summed E-state index contributed by atoms with van der Waals surface area (Å²) < 4.78 is 0. The molecule has 0 fully saturated rings. The van der Waals surface area contributed by atoms with Crippen molar-refractivity contribution in [2.75, 3.05) is 11.5 Å². The van der Waals surface area contributed by atoms with Crippen LogP contribution in [0.5, 0.6) is 0 Å². The van der Waals surface area contributed by atoms with Crippen molar-refractivity contribution >= 4 is 23.6 Å². The number of carboxylic acids is 1. The number of hydrogen-bond donors (Lipinski definition) is 2. The predicted octanol–water partition coefficient (Wildman–Crippen LogP) is 2.64. The van der Waals surface area contributed by atoms with E-state index in [2.05, 4.69) is 12.2 Å². The van der Waals surface area contributed by atoms with Crippen molar-refractivity contribution in [3.8, 4) is 0 Å². The number of nitrogens with one attached hydrogen (secondary N) is 1. The third-order valence-electron chi connectivity index (χ3n) is 3.04. The van der Waals surface area contributed by atoms with Gasteiger partial charge in [0, 0.05) is 0 Å². The highest BCUT2D eigenvalue weighted by molar-refractivity contribution is 7.99. The van der Waals surface area contributed by atoms with Crippen LogP contribution in [0.15, 0.2) is 30.3 Å². The van der Waals surface area contributed by atoms with E-state index in [4.69, 9.17) is 0 Å². The molecule has 1 aromatic carbocycles. The smallest absolute Gasteiger partial charge is 0.333 e. The third-order valence-corrected chi connectivity index (χ3v) is 4.09. The lowest BCUT2D eigenvalue weighted by Gasteiger charge is -2.26. The average molecular weight is 295 g/mol. The minimum Gasteiger partial charge on any atom is -0.479 e. The molecule has 0 aliphatic rings. The summed E-state index contributed by atoms with van der Waals surface area (Å²) >= 11 is 1.53. The average Bonchev–Trinajstić information content (AvgIpc) is 2.44. The van der Waals surface area contributed by atoms with Gasteiger partial charge < -0.3 is 10.4 Å². The second kappa shape index (κ2) is 7.94. The lowest BCUT2D eigenvalue weighted by molar-refractivity contribution is -0.147. The van der Waals surface area contributed by atoms with E-state index in [1.807, 2.05) is 6.07 Å². The summed E-state index contributed by atoms with van der Waals surface area (Å²) in [6.07, 6.45) is 2.15. The molecule has 110 valence electrons. The van der Waals surface area contributed by atoms with E-state index in [1.54, 1.807) is 24.3 Å². The molecule has 1 amide bonds. The Kier molecular flexibility index (Phi) is 6.58. The zero-order valence-electron chi connectivity index (χ0n) is 11.9. The quantitative estimate of drug-likeness (QED) is 0.724. The Bertz CT molecular complexity index is 450. The topological polar surface area (TPSA) is 66.4 Å². The minimum absolute atomic E-state index is 0.250. The molecule has 0 bridgehead atoms. The molecule has 20 heavy (non-hydrogen) atoms. The molecule has 0 aliphatic heterocycles. The van der Waals surface area contributed by atoms with Gasteiger partial charge in [0.2, 0.25) is 5.91 Å². The van der Waals surface area contributed by atoms with Crippen molar-refractivity contribution in [2.24, 2.45) is 0 Å². The summed E-state index contributed by atoms with van der Waals surface area (Å²) in [5, 5.41) is 12.0. The van der Waals surface area contributed by atoms with E-state index in [-0.39, 0.29) is 11.7 Å². The monoisotopic (exact) mass is 295 g/mol. The number of unbranched alkanes of at least 4 members (excludes halogenated alkanes) is 1. The maximum atomic E-state index is 11.9. The first-order valence-corrected chi connectivity index (χ1v) is 7.84. The largest absolute Gasteiger partial charge is 0.479 e. The van der Waals surface area contributed by atoms with Crippen LogP contribution in [0.1, 0.15) is 32.3 Å². The first kappa shape index (κ1) is 16.6. The maximum absolute atomic E-state index is 11.9. The second-order valence-corrected chi connectivity index (χ2v) is 5.86. The van der Waals surface area contributed by atoms with Crippen molar-refractivity contribution in [1.82, 2.24) is 5.32 Å². The van der Waals surface area contributed by atoms with Gasteiger partial charge in [-0.1, -0.05) is 43.7 Å². The van der Waals surface area contributed by atoms with E-state index >= 15 is 0 Å². The number of hydrogen-bond acceptors (Lipinski definition) is 3. The maximum Gasteiger partial charge on any atom is 0.333 e. The fourth-order valence-corrected chi connectivity index (χ4v) is 2.64. The van der Waals surface area contributed by atoms with Gasteiger partial charge in [-0.05, 0) is 24.7 Å². The van der Waals surface area contributed by atoms with E-state index in [0.29, 0.717) is 5.56 Å². The zero-order chi connectivity index (χ0) is 15.0. The molecule has 2 N–H and O–H groups in total. The summed E-state index contributed by atoms with van der Waals surface area (Å²) in [5.41, 5.74) is -0.816. The van der Waals surface area contributed by atoms with E-state index in [9.17, 15) is 14.7 Å². The van der Waals surface area contributed by atoms with Gasteiger partial charge in [0.15, 0.2) is 5.54 Å². The van der Waals surface area contributed by atoms with E-state index in [1.165, 1.54) is 18.7 Å². The lowest BCUT2D eigenvalue weighted by atomic mass is 9.92. The molecule has 4 nitrogen and oxygen atoms in total. The first-order chi connectivity index (χ1) is 9.50. The number of carbonyl (C=O) groups is 2. The number of rotatable bonds is 8. The molecule has 0 heterocycles. The van der Waals surface area contributed by atoms with Crippen LogP contribution in [0.3, 0.4) is 0 Å². The Balaban J connectivity index is 2.68. The van der Waals surface area contributed by atoms with Crippen molar-refractivity contribution in [3.05, 3.63) is 35.9 Å². The zero-order valence-corrected chi connectivity index (χ0v) is 12.7. The van der Waals surface area contributed by atoms with Crippen molar-refractivity contribution in [1.29, 1.82) is 0 Å². The molecule has 5 heteroatoms. The van der Waals surface area contributed by atoms with Gasteiger partial charge in [-0.2, -0.15) is 11.8 Å². The number of benzene rings is 1. The molecule has 0 saturated carbocycles. The number of thioether (sulfide) groups is 1. The molecule has 1 rings (SSSR count). The number of aliphatic carboxylic acids is 1. The third kappa shape index (κ3) is 4.56. The highest BCUT2D eigenvalue weighted by Crippen LogP contribution is 2.21. The Morgan fingerprint density at radius 2 is 1.95 bits per heavy atom. The SMILES string of the molecule is CCCCSCC(=O)NC(C)(C(=O)O)c1ccccc1. The molecular formula is C15H21NO3S. The summed E-state index contributed by atoms with van der Waals surface area (Å²) in [5.74, 6) is -0.107. The van der Waals surface area contributed by atoms with Crippen LogP contribution in [0, 0.1) is 0 Å². The molecular weight excluding hydrogens is 274 g/mol. The molecule has 0 saturated heterocycles. The van der Waals surface area contributed by atoms with Gasteiger partial charge in [-0.25, -0.2) is 4.79 Å². The van der Waals surface area contributed by atoms with Crippen LogP contribution < -0.4 is 5.32 Å². The summed E-state index contributed by atoms with van der Waals surface area (Å²) in [7, 11) is 0. The highest BCUT2D eigenvalue weighted by Gasteiger charge is 2.36. The Labute approximate surface area is 124 Å². The van der Waals surface area contributed by atoms with Crippen LogP contribution >= 0.6 is 11.8 Å². The molecule has 0 spiro atoms. The fraction of sp³-hybridized carbons (Fsp3) is 0.467. The molecule has 0 aliphatic carbocycles. The van der Waals surface area contributed by atoms with Crippen LogP contribution in [0.2, 0.25) is 0 Å². The minimum atomic E-state index is -1.39. The summed E-state index contributed by atoms with van der Waals surface area (Å²) in [4.78, 5) is 23.4. The summed E-state index contributed by atoms with van der Waals surface area (Å²) in [6.45, 7) is 3.61. The number of carboxylic acid groups (broad SMARTS) is 1. The summed E-state index contributed by atoms with van der Waals surface area (Å²) in [6, 6.07) is 8.75. The molecule has 0 aromatic heterocycles. The normalized spacial score (nSPS) is 13.5. The van der Waals surface area contributed by atoms with Crippen molar-refractivity contribution in [2.45, 2.75) is 32.2 Å². The van der Waals surface area contributed by atoms with Crippen molar-refractivity contribution in [3.63, 3.8) is 0 Å². The van der Waals surface area contributed by atoms with Gasteiger partial charge >= 0.3 is 5.97 Å². The van der Waals surface area contributed by atoms with Gasteiger partial charge in [0.25, 0.3) is 0 Å². The van der Waals surface area contributed by atoms with Crippen LogP contribution in [0.4, 0.5) is 0 Å². The van der Waals surface area contributed by atoms with Crippen LogP contribution in [-0.2, 0) is 15.1 Å². The number of amides is 1. The molecule has 1 atom stereocenters. The van der Waals surface area contributed by atoms with E-state index < -0.39 is 11.5 Å². The van der Waals surface area contributed by atoms with Gasteiger partial charge in [0.05, 0.1) is 5.75 Å². The van der Waals surface area contributed by atoms with Crippen LogP contribution in [-0.4, -0.2) is 28.5 Å². The first-order valence-electron chi connectivity index (χ1n) is 6.68. The number of carbonyl (C=O) groups excluding carboxylic acids is 1. The lowest BCUT2D eigenvalue weighted by Crippen LogP contribution is -2.50. The van der Waals surface area contributed by atoms with Gasteiger partial charge in [-0.15, -0.1) is 0 Å². The second-order valence-electron chi connectivity index (χ2n) is 4.75. The van der Waals surface area contributed by atoms with Gasteiger partial charge in [0.1, 0.15) is 0 Å². The molecule has 0 radical (unpaired) electrons.